The lowest BCUT2D eigenvalue weighted by atomic mass is 9.99. The standard InChI is InChI=1S/C19H21NO/c1-2-20-18(14-19-8-5-11-21-19)13-15-9-10-16-6-3-4-7-17(16)12-15/h3-12,18,20H,2,13-14H2,1H3. The predicted molar refractivity (Wildman–Crippen MR) is 87.5 cm³/mol. The normalized spacial score (nSPS) is 12.6. The molecule has 0 fully saturated rings. The zero-order valence-corrected chi connectivity index (χ0v) is 12.4. The molecule has 1 N–H and O–H groups in total. The molecular formula is C19H21NO. The van der Waals surface area contributed by atoms with Crippen molar-refractivity contribution in [2.24, 2.45) is 0 Å². The minimum Gasteiger partial charge on any atom is -0.469 e. The summed E-state index contributed by atoms with van der Waals surface area (Å²) in [5, 5.41) is 6.16. The van der Waals surface area contributed by atoms with Crippen molar-refractivity contribution in [1.82, 2.24) is 5.32 Å². The van der Waals surface area contributed by atoms with Gasteiger partial charge in [-0.3, -0.25) is 0 Å². The minimum atomic E-state index is 0.405. The highest BCUT2D eigenvalue weighted by atomic mass is 16.3. The van der Waals surface area contributed by atoms with Crippen molar-refractivity contribution in [2.45, 2.75) is 25.8 Å². The van der Waals surface area contributed by atoms with E-state index in [4.69, 9.17) is 4.42 Å². The monoisotopic (exact) mass is 279 g/mol. The van der Waals surface area contributed by atoms with Crippen molar-refractivity contribution >= 4 is 10.8 Å². The quantitative estimate of drug-likeness (QED) is 0.731. The van der Waals surface area contributed by atoms with E-state index < -0.39 is 0 Å². The average molecular weight is 279 g/mol. The summed E-state index contributed by atoms with van der Waals surface area (Å²) in [5.41, 5.74) is 1.37. The number of hydrogen-bond donors (Lipinski definition) is 1. The number of rotatable bonds is 6. The van der Waals surface area contributed by atoms with Crippen molar-refractivity contribution < 1.29 is 4.42 Å². The lowest BCUT2D eigenvalue weighted by molar-refractivity contribution is 0.445. The van der Waals surface area contributed by atoms with E-state index in [9.17, 15) is 0 Å². The van der Waals surface area contributed by atoms with E-state index in [2.05, 4.69) is 54.7 Å². The summed E-state index contributed by atoms with van der Waals surface area (Å²) < 4.78 is 5.48. The highest BCUT2D eigenvalue weighted by molar-refractivity contribution is 5.82. The van der Waals surface area contributed by atoms with Crippen molar-refractivity contribution in [3.05, 3.63) is 72.2 Å². The summed E-state index contributed by atoms with van der Waals surface area (Å²) in [5.74, 6) is 1.04. The molecule has 0 spiro atoms. The van der Waals surface area contributed by atoms with Crippen LogP contribution in [0, 0.1) is 0 Å². The first-order valence-electron chi connectivity index (χ1n) is 7.58. The third-order valence-corrected chi connectivity index (χ3v) is 3.82. The average Bonchev–Trinajstić information content (AvgIpc) is 3.00. The van der Waals surface area contributed by atoms with E-state index in [1.165, 1.54) is 16.3 Å². The summed E-state index contributed by atoms with van der Waals surface area (Å²) in [4.78, 5) is 0. The zero-order valence-electron chi connectivity index (χ0n) is 12.4. The van der Waals surface area contributed by atoms with Gasteiger partial charge in [0.25, 0.3) is 0 Å². The number of benzene rings is 2. The molecule has 2 heteroatoms. The molecule has 0 radical (unpaired) electrons. The van der Waals surface area contributed by atoms with Crippen LogP contribution in [0.4, 0.5) is 0 Å². The smallest absolute Gasteiger partial charge is 0.105 e. The first kappa shape index (κ1) is 13.9. The molecule has 1 aromatic heterocycles. The van der Waals surface area contributed by atoms with Crippen LogP contribution in [0.25, 0.3) is 10.8 Å². The number of nitrogens with one attached hydrogen (secondary N) is 1. The van der Waals surface area contributed by atoms with Gasteiger partial charge in [0.15, 0.2) is 0 Å². The summed E-state index contributed by atoms with van der Waals surface area (Å²) in [6, 6.07) is 19.6. The second-order valence-electron chi connectivity index (χ2n) is 5.42. The number of hydrogen-bond acceptors (Lipinski definition) is 2. The molecule has 0 aliphatic carbocycles. The summed E-state index contributed by atoms with van der Waals surface area (Å²) in [6.07, 6.45) is 3.68. The van der Waals surface area contributed by atoms with Gasteiger partial charge in [0, 0.05) is 12.5 Å². The maximum absolute atomic E-state index is 5.48. The van der Waals surface area contributed by atoms with E-state index in [1.807, 2.05) is 12.1 Å². The maximum atomic E-state index is 5.48. The van der Waals surface area contributed by atoms with Crippen LogP contribution in [0.2, 0.25) is 0 Å². The van der Waals surface area contributed by atoms with Gasteiger partial charge in [-0.15, -0.1) is 0 Å². The second-order valence-corrected chi connectivity index (χ2v) is 5.42. The fourth-order valence-corrected chi connectivity index (χ4v) is 2.83. The number of likely N-dealkylation sites (N-methyl/N-ethyl adjacent to an activating group) is 1. The Balaban J connectivity index is 1.76. The molecule has 21 heavy (non-hydrogen) atoms. The van der Waals surface area contributed by atoms with Crippen molar-refractivity contribution in [2.75, 3.05) is 6.54 Å². The van der Waals surface area contributed by atoms with Crippen LogP contribution in [0.5, 0.6) is 0 Å². The minimum absolute atomic E-state index is 0.405. The predicted octanol–water partition coefficient (Wildman–Crippen LogP) is 4.20. The second kappa shape index (κ2) is 6.59. The topological polar surface area (TPSA) is 25.2 Å². The van der Waals surface area contributed by atoms with Crippen LogP contribution >= 0.6 is 0 Å². The lowest BCUT2D eigenvalue weighted by Gasteiger charge is -2.17. The fraction of sp³-hybridized carbons (Fsp3) is 0.263. The van der Waals surface area contributed by atoms with E-state index in [0.29, 0.717) is 6.04 Å². The molecule has 0 aliphatic heterocycles. The lowest BCUT2D eigenvalue weighted by Crippen LogP contribution is -2.32. The molecule has 0 bridgehead atoms. The molecule has 3 aromatic rings. The Morgan fingerprint density at radius 2 is 1.81 bits per heavy atom. The van der Waals surface area contributed by atoms with Crippen molar-refractivity contribution in [1.29, 1.82) is 0 Å². The van der Waals surface area contributed by atoms with Crippen molar-refractivity contribution in [3.63, 3.8) is 0 Å². The summed E-state index contributed by atoms with van der Waals surface area (Å²) in [7, 11) is 0. The van der Waals surface area contributed by atoms with Gasteiger partial charge in [0.1, 0.15) is 5.76 Å². The van der Waals surface area contributed by atoms with Crippen LogP contribution in [-0.2, 0) is 12.8 Å². The van der Waals surface area contributed by atoms with Gasteiger partial charge in [0.2, 0.25) is 0 Å². The molecule has 0 saturated carbocycles. The van der Waals surface area contributed by atoms with Gasteiger partial charge in [0.05, 0.1) is 6.26 Å². The summed E-state index contributed by atoms with van der Waals surface area (Å²) in [6.45, 7) is 3.12. The van der Waals surface area contributed by atoms with Crippen molar-refractivity contribution in [3.8, 4) is 0 Å². The molecule has 1 unspecified atom stereocenters. The van der Waals surface area contributed by atoms with E-state index >= 15 is 0 Å². The molecular weight excluding hydrogens is 258 g/mol. The Bertz CT molecular complexity index is 688. The van der Waals surface area contributed by atoms with Crippen LogP contribution in [0.3, 0.4) is 0 Å². The number of furan rings is 1. The molecule has 0 amide bonds. The van der Waals surface area contributed by atoms with E-state index in [-0.39, 0.29) is 0 Å². The summed E-state index contributed by atoms with van der Waals surface area (Å²) >= 11 is 0. The molecule has 0 aliphatic rings. The number of fused-ring (bicyclic) bond motifs is 1. The Kier molecular flexibility index (Phi) is 4.37. The van der Waals surface area contributed by atoms with Gasteiger partial charge in [-0.05, 0) is 41.4 Å². The highest BCUT2D eigenvalue weighted by Crippen LogP contribution is 2.17. The highest BCUT2D eigenvalue weighted by Gasteiger charge is 2.11. The molecule has 2 aromatic carbocycles. The zero-order chi connectivity index (χ0) is 14.5. The van der Waals surface area contributed by atoms with Gasteiger partial charge < -0.3 is 9.73 Å². The van der Waals surface area contributed by atoms with Gasteiger partial charge in [-0.1, -0.05) is 49.4 Å². The Morgan fingerprint density at radius 3 is 2.57 bits per heavy atom. The third kappa shape index (κ3) is 3.53. The van der Waals surface area contributed by atoms with Gasteiger partial charge in [-0.25, -0.2) is 0 Å². The first-order chi connectivity index (χ1) is 10.3. The first-order valence-corrected chi connectivity index (χ1v) is 7.58. The Hall–Kier alpha value is -2.06. The SMILES string of the molecule is CCNC(Cc1ccc2ccccc2c1)Cc1ccco1. The van der Waals surface area contributed by atoms with Crippen LogP contribution < -0.4 is 5.32 Å². The molecule has 3 rings (SSSR count). The molecule has 1 atom stereocenters. The largest absolute Gasteiger partial charge is 0.469 e. The van der Waals surface area contributed by atoms with Crippen LogP contribution in [0.15, 0.2) is 65.3 Å². The molecule has 0 saturated heterocycles. The Labute approximate surface area is 125 Å². The van der Waals surface area contributed by atoms with Crippen LogP contribution in [0.1, 0.15) is 18.2 Å². The third-order valence-electron chi connectivity index (χ3n) is 3.82. The molecule has 2 nitrogen and oxygen atoms in total. The van der Waals surface area contributed by atoms with E-state index in [1.54, 1.807) is 6.26 Å². The van der Waals surface area contributed by atoms with E-state index in [0.717, 1.165) is 25.1 Å². The Morgan fingerprint density at radius 1 is 0.952 bits per heavy atom. The fourth-order valence-electron chi connectivity index (χ4n) is 2.83. The maximum Gasteiger partial charge on any atom is 0.105 e. The van der Waals surface area contributed by atoms with Gasteiger partial charge >= 0.3 is 0 Å². The van der Waals surface area contributed by atoms with Crippen LogP contribution in [-0.4, -0.2) is 12.6 Å². The van der Waals surface area contributed by atoms with Gasteiger partial charge in [-0.2, -0.15) is 0 Å². The molecule has 108 valence electrons. The molecule has 1 heterocycles.